The molecular formula is C26H43N3O4. The molecule has 0 aliphatic carbocycles. The zero-order valence-corrected chi connectivity index (χ0v) is 21.9. The number of hydrogen-bond donors (Lipinski definition) is 2. The predicted molar refractivity (Wildman–Crippen MR) is 132 cm³/mol. The molecule has 3 amide bonds. The van der Waals surface area contributed by atoms with Crippen LogP contribution in [0.4, 0.5) is 4.79 Å². The molecule has 2 unspecified atom stereocenters. The van der Waals surface area contributed by atoms with Crippen molar-refractivity contribution in [3.8, 4) is 0 Å². The third-order valence-corrected chi connectivity index (χ3v) is 5.10. The number of nitrogens with one attached hydrogen (secondary N) is 2. The summed E-state index contributed by atoms with van der Waals surface area (Å²) < 4.78 is 5.31. The molecule has 33 heavy (non-hydrogen) atoms. The quantitative estimate of drug-likeness (QED) is 0.490. The van der Waals surface area contributed by atoms with Gasteiger partial charge in [-0.15, -0.1) is 0 Å². The zero-order valence-electron chi connectivity index (χ0n) is 21.9. The molecule has 0 aliphatic rings. The number of alkyl carbamates (subject to hydrolysis) is 1. The normalized spacial score (nSPS) is 13.3. The van der Waals surface area contributed by atoms with Gasteiger partial charge in [-0.2, -0.15) is 0 Å². The molecule has 2 atom stereocenters. The first-order valence-electron chi connectivity index (χ1n) is 11.9. The number of carbonyl (C=O) groups is 3. The summed E-state index contributed by atoms with van der Waals surface area (Å²) in [5.41, 5.74) is 2.14. The van der Waals surface area contributed by atoms with Gasteiger partial charge in [0.05, 0.1) is 0 Å². The maximum absolute atomic E-state index is 13.6. The van der Waals surface area contributed by atoms with E-state index in [1.165, 1.54) is 0 Å². The average Bonchev–Trinajstić information content (AvgIpc) is 2.65. The lowest BCUT2D eigenvalue weighted by molar-refractivity contribution is -0.142. The molecule has 0 aliphatic heterocycles. The topological polar surface area (TPSA) is 87.7 Å². The van der Waals surface area contributed by atoms with Crippen LogP contribution in [0.2, 0.25) is 0 Å². The number of nitrogens with zero attached hydrogens (tertiary/aromatic N) is 1. The van der Waals surface area contributed by atoms with Gasteiger partial charge in [0, 0.05) is 12.6 Å². The van der Waals surface area contributed by atoms with Gasteiger partial charge in [-0.1, -0.05) is 43.5 Å². The summed E-state index contributed by atoms with van der Waals surface area (Å²) in [5, 5.41) is 5.61. The van der Waals surface area contributed by atoms with Gasteiger partial charge in [0.25, 0.3) is 0 Å². The van der Waals surface area contributed by atoms with Crippen molar-refractivity contribution in [3.05, 3.63) is 34.9 Å². The highest BCUT2D eigenvalue weighted by Gasteiger charge is 2.35. The molecule has 0 aromatic heterocycles. The fourth-order valence-corrected chi connectivity index (χ4v) is 3.64. The number of ether oxygens (including phenoxy) is 1. The van der Waals surface area contributed by atoms with Crippen molar-refractivity contribution in [2.75, 3.05) is 6.54 Å². The Morgan fingerprint density at radius 3 is 2.18 bits per heavy atom. The standard InChI is InChI=1S/C26H43N3O4/c1-10-11-12-15-29(24(31)20(6)28-25(32)33-26(7,8)9)22(23(30)27-17(2)3)21-14-13-18(4)16-19(21)5/h13-14,16-17,20,22H,10-12,15H2,1-9H3,(H,27,30)(H,28,32). The molecule has 186 valence electrons. The highest BCUT2D eigenvalue weighted by Crippen LogP contribution is 2.27. The fourth-order valence-electron chi connectivity index (χ4n) is 3.64. The summed E-state index contributed by atoms with van der Waals surface area (Å²) in [6.45, 7) is 17.2. The van der Waals surface area contributed by atoms with Crippen molar-refractivity contribution in [3.63, 3.8) is 0 Å². The minimum atomic E-state index is -0.846. The summed E-state index contributed by atoms with van der Waals surface area (Å²) in [6, 6.07) is 4.18. The van der Waals surface area contributed by atoms with Gasteiger partial charge < -0.3 is 20.3 Å². The summed E-state index contributed by atoms with van der Waals surface area (Å²) in [6.07, 6.45) is 2.02. The van der Waals surface area contributed by atoms with E-state index in [0.717, 1.165) is 36.0 Å². The van der Waals surface area contributed by atoms with Crippen LogP contribution < -0.4 is 10.6 Å². The van der Waals surface area contributed by atoms with Crippen LogP contribution in [0.1, 0.15) is 90.5 Å². The molecule has 0 bridgehead atoms. The van der Waals surface area contributed by atoms with E-state index in [1.807, 2.05) is 45.9 Å². The van der Waals surface area contributed by atoms with Gasteiger partial charge in [-0.25, -0.2) is 4.79 Å². The SMILES string of the molecule is CCCCCN(C(=O)C(C)NC(=O)OC(C)(C)C)C(C(=O)NC(C)C)c1ccc(C)cc1C. The molecule has 1 aromatic carbocycles. The maximum Gasteiger partial charge on any atom is 0.408 e. The van der Waals surface area contributed by atoms with Crippen LogP contribution in [0.3, 0.4) is 0 Å². The Hall–Kier alpha value is -2.57. The van der Waals surface area contributed by atoms with Crippen molar-refractivity contribution in [1.82, 2.24) is 15.5 Å². The Morgan fingerprint density at radius 2 is 1.67 bits per heavy atom. The van der Waals surface area contributed by atoms with Crippen LogP contribution in [0, 0.1) is 13.8 Å². The van der Waals surface area contributed by atoms with E-state index in [1.54, 1.807) is 32.6 Å². The second-order valence-corrected chi connectivity index (χ2v) is 10.0. The van der Waals surface area contributed by atoms with Crippen LogP contribution in [0.25, 0.3) is 0 Å². The Kier molecular flexibility index (Phi) is 10.9. The van der Waals surface area contributed by atoms with Crippen LogP contribution in [-0.4, -0.2) is 47.0 Å². The molecule has 0 fully saturated rings. The van der Waals surface area contributed by atoms with Gasteiger partial charge in [-0.3, -0.25) is 9.59 Å². The average molecular weight is 462 g/mol. The van der Waals surface area contributed by atoms with E-state index in [9.17, 15) is 14.4 Å². The second kappa shape index (κ2) is 12.6. The number of amides is 3. The number of rotatable bonds is 10. The summed E-state index contributed by atoms with van der Waals surface area (Å²) >= 11 is 0. The summed E-state index contributed by atoms with van der Waals surface area (Å²) in [4.78, 5) is 40.9. The Balaban J connectivity index is 3.35. The lowest BCUT2D eigenvalue weighted by Crippen LogP contribution is -2.52. The summed E-state index contributed by atoms with van der Waals surface area (Å²) in [5.74, 6) is -0.549. The zero-order chi connectivity index (χ0) is 25.3. The van der Waals surface area contributed by atoms with Crippen molar-refractivity contribution in [2.24, 2.45) is 0 Å². The van der Waals surface area contributed by atoms with Crippen LogP contribution in [-0.2, 0) is 14.3 Å². The molecule has 0 saturated carbocycles. The third-order valence-electron chi connectivity index (χ3n) is 5.10. The first-order chi connectivity index (χ1) is 15.3. The van der Waals surface area contributed by atoms with E-state index in [0.29, 0.717) is 6.54 Å². The van der Waals surface area contributed by atoms with Crippen LogP contribution in [0.5, 0.6) is 0 Å². The van der Waals surface area contributed by atoms with Crippen LogP contribution >= 0.6 is 0 Å². The van der Waals surface area contributed by atoms with E-state index in [-0.39, 0.29) is 17.9 Å². The molecule has 7 heteroatoms. The molecule has 0 saturated heterocycles. The van der Waals surface area contributed by atoms with E-state index in [4.69, 9.17) is 4.74 Å². The molecule has 2 N–H and O–H groups in total. The van der Waals surface area contributed by atoms with E-state index < -0.39 is 23.8 Å². The van der Waals surface area contributed by atoms with Gasteiger partial charge >= 0.3 is 6.09 Å². The maximum atomic E-state index is 13.6. The number of hydrogen-bond acceptors (Lipinski definition) is 4. The largest absolute Gasteiger partial charge is 0.444 e. The lowest BCUT2D eigenvalue weighted by atomic mass is 9.96. The summed E-state index contributed by atoms with van der Waals surface area (Å²) in [7, 11) is 0. The third kappa shape index (κ3) is 9.44. The molecule has 7 nitrogen and oxygen atoms in total. The lowest BCUT2D eigenvalue weighted by Gasteiger charge is -2.35. The van der Waals surface area contributed by atoms with Crippen molar-refractivity contribution >= 4 is 17.9 Å². The van der Waals surface area contributed by atoms with Crippen molar-refractivity contribution in [1.29, 1.82) is 0 Å². The Morgan fingerprint density at radius 1 is 1.03 bits per heavy atom. The first kappa shape index (κ1) is 28.5. The molecule has 0 spiro atoms. The highest BCUT2D eigenvalue weighted by atomic mass is 16.6. The fraction of sp³-hybridized carbons (Fsp3) is 0.654. The minimum Gasteiger partial charge on any atom is -0.444 e. The molecule has 0 heterocycles. The van der Waals surface area contributed by atoms with Crippen molar-refractivity contribution in [2.45, 2.75) is 105 Å². The van der Waals surface area contributed by atoms with Gasteiger partial charge in [-0.05, 0) is 72.9 Å². The molecule has 1 aromatic rings. The van der Waals surface area contributed by atoms with E-state index >= 15 is 0 Å². The number of unbranched alkanes of at least 4 members (excludes halogenated alkanes) is 2. The smallest absolute Gasteiger partial charge is 0.408 e. The van der Waals surface area contributed by atoms with Crippen LogP contribution in [0.15, 0.2) is 18.2 Å². The molecular weight excluding hydrogens is 418 g/mol. The van der Waals surface area contributed by atoms with Gasteiger partial charge in [0.1, 0.15) is 17.7 Å². The highest BCUT2D eigenvalue weighted by molar-refractivity contribution is 5.92. The Labute approximate surface area is 199 Å². The second-order valence-electron chi connectivity index (χ2n) is 10.0. The molecule has 1 rings (SSSR count). The van der Waals surface area contributed by atoms with E-state index in [2.05, 4.69) is 17.6 Å². The minimum absolute atomic E-state index is 0.0735. The molecule has 0 radical (unpaired) electrons. The van der Waals surface area contributed by atoms with Crippen molar-refractivity contribution < 1.29 is 19.1 Å². The predicted octanol–water partition coefficient (Wildman–Crippen LogP) is 4.80. The Bertz CT molecular complexity index is 814. The van der Waals surface area contributed by atoms with Gasteiger partial charge in [0.2, 0.25) is 11.8 Å². The number of carbonyl (C=O) groups excluding carboxylic acids is 3. The first-order valence-corrected chi connectivity index (χ1v) is 11.9. The monoisotopic (exact) mass is 461 g/mol. The number of aryl methyl sites for hydroxylation is 2. The van der Waals surface area contributed by atoms with Gasteiger partial charge in [0.15, 0.2) is 0 Å². The number of benzene rings is 1.